The van der Waals surface area contributed by atoms with Crippen molar-refractivity contribution in [2.24, 2.45) is 0 Å². The highest BCUT2D eigenvalue weighted by molar-refractivity contribution is 5.71. The Morgan fingerprint density at radius 1 is 0.304 bits per heavy atom. The van der Waals surface area contributed by atoms with Gasteiger partial charge in [-0.25, -0.2) is 0 Å². The van der Waals surface area contributed by atoms with E-state index in [1.165, 1.54) is 116 Å². The highest BCUT2D eigenvalue weighted by atomic mass is 16.6. The fourth-order valence-electron chi connectivity index (χ4n) is 8.03. The van der Waals surface area contributed by atoms with Crippen molar-refractivity contribution in [3.05, 3.63) is 85.1 Å². The third-order valence-corrected chi connectivity index (χ3v) is 12.4. The maximum atomic E-state index is 12.8. The van der Waals surface area contributed by atoms with Gasteiger partial charge in [0.25, 0.3) is 0 Å². The first kappa shape index (κ1) is 65.6. The lowest BCUT2D eigenvalue weighted by molar-refractivity contribution is -0.167. The van der Waals surface area contributed by atoms with Crippen molar-refractivity contribution in [1.29, 1.82) is 0 Å². The number of hydrogen-bond donors (Lipinski definition) is 0. The van der Waals surface area contributed by atoms with Crippen LogP contribution in [0.2, 0.25) is 0 Å². The number of allylic oxidation sites excluding steroid dienone is 14. The van der Waals surface area contributed by atoms with Crippen LogP contribution in [0, 0.1) is 0 Å². The lowest BCUT2D eigenvalue weighted by Gasteiger charge is -2.18. The molecule has 0 rings (SSSR count). The normalized spacial score (nSPS) is 12.7. The van der Waals surface area contributed by atoms with Crippen molar-refractivity contribution in [3.63, 3.8) is 0 Å². The summed E-state index contributed by atoms with van der Waals surface area (Å²) in [5, 5.41) is 0. The summed E-state index contributed by atoms with van der Waals surface area (Å²) >= 11 is 0. The number of hydrogen-bond acceptors (Lipinski definition) is 6. The van der Waals surface area contributed by atoms with Crippen LogP contribution in [-0.2, 0) is 28.6 Å². The second kappa shape index (κ2) is 57.2. The molecule has 0 amide bonds. The molecule has 0 heterocycles. The van der Waals surface area contributed by atoms with E-state index in [0.29, 0.717) is 19.3 Å². The number of ether oxygens (including phenoxy) is 3. The van der Waals surface area contributed by atoms with Gasteiger partial charge in [-0.15, -0.1) is 0 Å². The lowest BCUT2D eigenvalue weighted by atomic mass is 10.0. The molecule has 0 fully saturated rings. The largest absolute Gasteiger partial charge is 0.462 e. The molecule has 0 spiro atoms. The van der Waals surface area contributed by atoms with Gasteiger partial charge in [0.05, 0.1) is 0 Å². The van der Waals surface area contributed by atoms with E-state index in [9.17, 15) is 14.4 Å². The Morgan fingerprint density at radius 2 is 0.565 bits per heavy atom. The third kappa shape index (κ3) is 55.4. The van der Waals surface area contributed by atoms with Crippen LogP contribution >= 0.6 is 0 Å². The quantitative estimate of drug-likeness (QED) is 0.0262. The molecule has 1 unspecified atom stereocenters. The second-order valence-corrected chi connectivity index (χ2v) is 19.2. The Bertz CT molecular complexity index is 1330. The molecule has 1 atom stereocenters. The fourth-order valence-corrected chi connectivity index (χ4v) is 8.03. The van der Waals surface area contributed by atoms with Crippen LogP contribution in [0.25, 0.3) is 0 Å². The highest BCUT2D eigenvalue weighted by Gasteiger charge is 2.19. The van der Waals surface area contributed by atoms with Crippen LogP contribution in [0.5, 0.6) is 0 Å². The monoisotopic (exact) mass is 961 g/mol. The Labute approximate surface area is 426 Å². The zero-order valence-electron chi connectivity index (χ0n) is 45.3. The predicted molar refractivity (Wildman–Crippen MR) is 297 cm³/mol. The van der Waals surface area contributed by atoms with Gasteiger partial charge in [0.1, 0.15) is 13.2 Å². The van der Waals surface area contributed by atoms with E-state index in [1.807, 2.05) is 0 Å². The molecule has 69 heavy (non-hydrogen) atoms. The van der Waals surface area contributed by atoms with E-state index in [2.05, 4.69) is 106 Å². The average Bonchev–Trinajstić information content (AvgIpc) is 3.35. The zero-order valence-corrected chi connectivity index (χ0v) is 45.3. The molecule has 0 bridgehead atoms. The molecule has 396 valence electrons. The smallest absolute Gasteiger partial charge is 0.306 e. The summed E-state index contributed by atoms with van der Waals surface area (Å²) in [4.78, 5) is 38.1. The van der Waals surface area contributed by atoms with Crippen molar-refractivity contribution < 1.29 is 28.6 Å². The van der Waals surface area contributed by atoms with Gasteiger partial charge >= 0.3 is 17.9 Å². The topological polar surface area (TPSA) is 78.9 Å². The fraction of sp³-hybridized carbons (Fsp3) is 0.730. The SMILES string of the molecule is CC/C=C\C/C=C\C/C=C\C/C=C\C/C=C\C/C=C\CCCCCCCCC(=O)OCC(COC(=O)CCCCCCCCCCCCCC)OC(=O)CCCCCCC/C=C\CCCCCCC. The van der Waals surface area contributed by atoms with E-state index < -0.39 is 6.10 Å². The minimum atomic E-state index is -0.785. The molecule has 0 N–H and O–H groups in total. The molecule has 6 heteroatoms. The van der Waals surface area contributed by atoms with Gasteiger partial charge in [-0.2, -0.15) is 0 Å². The molecular formula is C63H108O6. The molecule has 0 saturated carbocycles. The molecule has 0 aliphatic rings. The van der Waals surface area contributed by atoms with Gasteiger partial charge < -0.3 is 14.2 Å². The zero-order chi connectivity index (χ0) is 50.0. The maximum Gasteiger partial charge on any atom is 0.306 e. The Hall–Kier alpha value is -3.41. The summed E-state index contributed by atoms with van der Waals surface area (Å²) in [6, 6.07) is 0. The van der Waals surface area contributed by atoms with Crippen LogP contribution in [-0.4, -0.2) is 37.2 Å². The number of esters is 3. The minimum absolute atomic E-state index is 0.0824. The molecule has 6 nitrogen and oxygen atoms in total. The average molecular weight is 962 g/mol. The van der Waals surface area contributed by atoms with E-state index in [-0.39, 0.29) is 31.1 Å². The van der Waals surface area contributed by atoms with Gasteiger partial charge in [-0.3, -0.25) is 14.4 Å². The lowest BCUT2D eigenvalue weighted by Crippen LogP contribution is -2.30. The van der Waals surface area contributed by atoms with Gasteiger partial charge in [0.15, 0.2) is 6.10 Å². The first-order valence-electron chi connectivity index (χ1n) is 29.1. The third-order valence-electron chi connectivity index (χ3n) is 12.4. The molecule has 0 saturated heterocycles. The summed E-state index contributed by atoms with van der Waals surface area (Å²) < 4.78 is 16.8. The first-order chi connectivity index (χ1) is 34.0. The van der Waals surface area contributed by atoms with Gasteiger partial charge in [0, 0.05) is 19.3 Å². The van der Waals surface area contributed by atoms with E-state index in [0.717, 1.165) is 122 Å². The molecule has 0 aliphatic carbocycles. The predicted octanol–water partition coefficient (Wildman–Crippen LogP) is 19.5. The van der Waals surface area contributed by atoms with Gasteiger partial charge in [-0.1, -0.05) is 247 Å². The van der Waals surface area contributed by atoms with Crippen LogP contribution in [0.4, 0.5) is 0 Å². The first-order valence-corrected chi connectivity index (χ1v) is 29.1. The Balaban J connectivity index is 4.34. The van der Waals surface area contributed by atoms with Crippen LogP contribution in [0.3, 0.4) is 0 Å². The van der Waals surface area contributed by atoms with Gasteiger partial charge in [-0.05, 0) is 96.3 Å². The molecule has 0 aromatic carbocycles. The summed E-state index contributed by atoms with van der Waals surface area (Å²) in [6.45, 7) is 6.51. The van der Waals surface area contributed by atoms with Crippen molar-refractivity contribution in [3.8, 4) is 0 Å². The van der Waals surface area contributed by atoms with Crippen molar-refractivity contribution >= 4 is 17.9 Å². The minimum Gasteiger partial charge on any atom is -0.462 e. The Kier molecular flexibility index (Phi) is 54.3. The Morgan fingerprint density at radius 3 is 0.899 bits per heavy atom. The van der Waals surface area contributed by atoms with Crippen molar-refractivity contribution in [2.45, 2.75) is 284 Å². The van der Waals surface area contributed by atoms with Crippen LogP contribution < -0.4 is 0 Å². The van der Waals surface area contributed by atoms with Crippen LogP contribution in [0.15, 0.2) is 85.1 Å². The molecular weight excluding hydrogens is 853 g/mol. The molecule has 0 aliphatic heterocycles. The van der Waals surface area contributed by atoms with Crippen molar-refractivity contribution in [1.82, 2.24) is 0 Å². The number of carbonyl (C=O) groups is 3. The van der Waals surface area contributed by atoms with Crippen molar-refractivity contribution in [2.75, 3.05) is 13.2 Å². The van der Waals surface area contributed by atoms with Gasteiger partial charge in [0.2, 0.25) is 0 Å². The summed E-state index contributed by atoms with van der Waals surface area (Å²) in [7, 11) is 0. The summed E-state index contributed by atoms with van der Waals surface area (Å²) in [5.41, 5.74) is 0. The maximum absolute atomic E-state index is 12.8. The van der Waals surface area contributed by atoms with E-state index >= 15 is 0 Å². The molecule has 0 aromatic rings. The summed E-state index contributed by atoms with van der Waals surface area (Å²) in [5.74, 6) is -0.900. The van der Waals surface area contributed by atoms with E-state index in [4.69, 9.17) is 14.2 Å². The summed E-state index contributed by atoms with van der Waals surface area (Å²) in [6.07, 6.45) is 74.3. The molecule has 0 radical (unpaired) electrons. The number of carbonyl (C=O) groups excluding carboxylic acids is 3. The molecule has 0 aromatic heterocycles. The second-order valence-electron chi connectivity index (χ2n) is 19.2. The van der Waals surface area contributed by atoms with Crippen LogP contribution in [0.1, 0.15) is 278 Å². The number of rotatable bonds is 52. The highest BCUT2D eigenvalue weighted by Crippen LogP contribution is 2.15. The standard InChI is InChI=1S/C63H108O6/c1-4-7-10-13-16-19-22-25-27-28-29-30-31-32-33-34-35-36-37-39-41-44-47-50-53-56-62(65)68-59-60(58-67-61(64)55-52-49-46-43-40-24-21-18-15-12-9-6-3)69-63(66)57-54-51-48-45-42-38-26-23-20-17-14-11-8-5-2/h7,10,16,19,23,25-27,29-30,32-33,35-36,60H,4-6,8-9,11-15,17-18,20-22,24,28,31,34,37-59H2,1-3H3/b10-7-,19-16-,26-23-,27-25-,30-29-,33-32-,36-35-. The number of unbranched alkanes of at least 4 members (excludes halogenated alkanes) is 27. The van der Waals surface area contributed by atoms with E-state index in [1.54, 1.807) is 0 Å².